The van der Waals surface area contributed by atoms with Crippen LogP contribution in [0.5, 0.6) is 11.5 Å². The molecule has 68 heavy (non-hydrogen) atoms. The van der Waals surface area contributed by atoms with Crippen LogP contribution in [0.15, 0.2) is 91.0 Å². The van der Waals surface area contributed by atoms with Gasteiger partial charge in [0.2, 0.25) is 0 Å². The molecule has 9 atom stereocenters. The van der Waals surface area contributed by atoms with Crippen molar-refractivity contribution in [3.63, 3.8) is 0 Å². The fourth-order valence-electron chi connectivity index (χ4n) is 9.16. The summed E-state index contributed by atoms with van der Waals surface area (Å²) in [6, 6.07) is 29.6. The molecule has 0 amide bonds. The van der Waals surface area contributed by atoms with E-state index in [1.807, 2.05) is 72.8 Å². The number of aliphatic hydroxyl groups excluding tert-OH is 1. The zero-order chi connectivity index (χ0) is 48.5. The molecule has 17 heteroatoms. The van der Waals surface area contributed by atoms with Crippen molar-refractivity contribution in [1.29, 1.82) is 0 Å². The van der Waals surface area contributed by atoms with Crippen LogP contribution in [0.2, 0.25) is 0 Å². The minimum Gasteiger partial charge on any atom is -0.493 e. The fourth-order valence-corrected chi connectivity index (χ4v) is 9.44. The molecule has 2 saturated heterocycles. The Balaban J connectivity index is 1.17. The van der Waals surface area contributed by atoms with Gasteiger partial charge in [-0.2, -0.15) is 0 Å². The monoisotopic (exact) mass is 954 g/mol. The Kier molecular flexibility index (Phi) is 16.8. The first kappa shape index (κ1) is 49.9. The van der Waals surface area contributed by atoms with E-state index in [0.29, 0.717) is 35.8 Å². The summed E-state index contributed by atoms with van der Waals surface area (Å²) in [7, 11) is 3.28. The number of thiocarbonyl (C=S) groups is 1. The van der Waals surface area contributed by atoms with Crippen molar-refractivity contribution >= 4 is 46.8 Å². The standard InChI is InChI=1S/C51H58N2O14S/c1-29(55)61-28-44-49(63-31(3)57)50(64-32(4)58)48(62-30(2)56)42(65-44)24-45(68)52-39-14-10-13-37(21-39)51-66-43(26-53-20-19-36-22-40(59-5)41(60-6)23-38(36)25-53)46(34-11-8-7-9-12-34)47(67-51)35-17-15-33(27-54)16-18-35/h7-18,21-23,42-44,46-51,54H,19-20,24-28H2,1-6H3,(H,52,68). The maximum Gasteiger partial charge on any atom is 0.303 e. The minimum atomic E-state index is -1.32. The highest BCUT2D eigenvalue weighted by molar-refractivity contribution is 7.80. The molecule has 16 nitrogen and oxygen atoms in total. The van der Waals surface area contributed by atoms with E-state index < -0.39 is 66.8 Å². The van der Waals surface area contributed by atoms with Gasteiger partial charge in [0, 0.05) is 70.9 Å². The largest absolute Gasteiger partial charge is 0.493 e. The van der Waals surface area contributed by atoms with Crippen molar-refractivity contribution in [3.8, 4) is 11.5 Å². The topological polar surface area (TPSA) is 187 Å². The van der Waals surface area contributed by atoms with E-state index in [2.05, 4.69) is 28.4 Å². The number of carbonyl (C=O) groups excluding carboxylic acids is 4. The van der Waals surface area contributed by atoms with Gasteiger partial charge in [0.1, 0.15) is 18.8 Å². The van der Waals surface area contributed by atoms with Crippen LogP contribution < -0.4 is 14.8 Å². The highest BCUT2D eigenvalue weighted by atomic mass is 32.1. The molecular weight excluding hydrogens is 897 g/mol. The van der Waals surface area contributed by atoms with Crippen LogP contribution in [0.25, 0.3) is 0 Å². The van der Waals surface area contributed by atoms with Crippen LogP contribution in [-0.4, -0.2) is 109 Å². The Hall–Kier alpha value is -5.95. The van der Waals surface area contributed by atoms with Crippen LogP contribution in [0.1, 0.15) is 85.8 Å². The van der Waals surface area contributed by atoms with E-state index in [9.17, 15) is 24.3 Å². The predicted molar refractivity (Wildman–Crippen MR) is 251 cm³/mol. The summed E-state index contributed by atoms with van der Waals surface area (Å²) < 4.78 is 53.7. The second kappa shape index (κ2) is 22.9. The highest BCUT2D eigenvalue weighted by Crippen LogP contribution is 2.48. The molecule has 0 bridgehead atoms. The lowest BCUT2D eigenvalue weighted by molar-refractivity contribution is -0.263. The van der Waals surface area contributed by atoms with Gasteiger partial charge in [0.25, 0.3) is 0 Å². The summed E-state index contributed by atoms with van der Waals surface area (Å²) in [5, 5.41) is 13.2. The zero-order valence-corrected chi connectivity index (χ0v) is 39.7. The van der Waals surface area contributed by atoms with Crippen LogP contribution in [0.4, 0.5) is 5.69 Å². The first-order valence-electron chi connectivity index (χ1n) is 22.4. The SMILES string of the molecule is COc1cc2c(cc1OC)CN(CC1OC(c3cccc(NC(=S)CC4OC(COC(C)=O)C(OC(C)=O)C(OC(C)=O)C4OC(C)=O)c3)OC(c3ccc(CO)cc3)C1c1ccccc1)CC2. The number of benzene rings is 4. The maximum absolute atomic E-state index is 12.5. The second-order valence-corrected chi connectivity index (χ2v) is 17.5. The maximum atomic E-state index is 12.5. The lowest BCUT2D eigenvalue weighted by Crippen LogP contribution is -2.62. The van der Waals surface area contributed by atoms with E-state index in [1.165, 1.54) is 26.3 Å². The molecular formula is C51H58N2O14S. The Morgan fingerprint density at radius 1 is 0.691 bits per heavy atom. The summed E-state index contributed by atoms with van der Waals surface area (Å²) in [5.74, 6) is -1.63. The summed E-state index contributed by atoms with van der Waals surface area (Å²) in [5.41, 5.74) is 6.43. The van der Waals surface area contributed by atoms with Crippen molar-refractivity contribution in [3.05, 3.63) is 124 Å². The molecule has 0 saturated carbocycles. The number of nitrogens with one attached hydrogen (secondary N) is 1. The van der Waals surface area contributed by atoms with Crippen molar-refractivity contribution < 1.29 is 66.9 Å². The summed E-state index contributed by atoms with van der Waals surface area (Å²) in [6.45, 7) is 6.33. The van der Waals surface area contributed by atoms with Crippen LogP contribution in [-0.2, 0) is 71.9 Å². The summed E-state index contributed by atoms with van der Waals surface area (Å²) in [4.78, 5) is 51.6. The van der Waals surface area contributed by atoms with Crippen molar-refractivity contribution in [2.24, 2.45) is 0 Å². The number of nitrogens with zero attached hydrogens (tertiary/aromatic N) is 1. The molecule has 0 aliphatic carbocycles. The van der Waals surface area contributed by atoms with E-state index >= 15 is 0 Å². The van der Waals surface area contributed by atoms with E-state index in [-0.39, 0.29) is 36.6 Å². The Labute approximate surface area is 401 Å². The Morgan fingerprint density at radius 3 is 1.96 bits per heavy atom. The van der Waals surface area contributed by atoms with E-state index in [1.54, 1.807) is 14.2 Å². The number of hydrogen-bond donors (Lipinski definition) is 2. The minimum absolute atomic E-state index is 0.0561. The number of fused-ring (bicyclic) bond motifs is 1. The quantitative estimate of drug-likeness (QED) is 0.0708. The van der Waals surface area contributed by atoms with Gasteiger partial charge in [-0.25, -0.2) is 0 Å². The molecule has 3 heterocycles. The molecule has 362 valence electrons. The van der Waals surface area contributed by atoms with E-state index in [4.69, 9.17) is 54.8 Å². The molecule has 0 spiro atoms. The summed E-state index contributed by atoms with van der Waals surface area (Å²) >= 11 is 5.88. The number of methoxy groups -OCH3 is 2. The molecule has 7 rings (SSSR count). The van der Waals surface area contributed by atoms with Crippen molar-refractivity contribution in [2.45, 2.75) is 109 Å². The third kappa shape index (κ3) is 12.4. The van der Waals surface area contributed by atoms with Crippen molar-refractivity contribution in [1.82, 2.24) is 4.90 Å². The molecule has 3 aliphatic heterocycles. The van der Waals surface area contributed by atoms with Gasteiger partial charge in [0.05, 0.1) is 38.0 Å². The number of rotatable bonds is 16. The zero-order valence-electron chi connectivity index (χ0n) is 38.9. The molecule has 0 radical (unpaired) electrons. The number of ether oxygens (including phenoxy) is 9. The van der Waals surface area contributed by atoms with Gasteiger partial charge in [-0.15, -0.1) is 0 Å². The van der Waals surface area contributed by atoms with Gasteiger partial charge < -0.3 is 53.1 Å². The average molecular weight is 955 g/mol. The van der Waals surface area contributed by atoms with Crippen LogP contribution in [0.3, 0.4) is 0 Å². The van der Waals surface area contributed by atoms with Gasteiger partial charge in [-0.1, -0.05) is 78.9 Å². The van der Waals surface area contributed by atoms with Crippen LogP contribution >= 0.6 is 12.2 Å². The predicted octanol–water partition coefficient (Wildman–Crippen LogP) is 6.45. The van der Waals surface area contributed by atoms with Crippen molar-refractivity contribution in [2.75, 3.05) is 39.2 Å². The summed E-state index contributed by atoms with van der Waals surface area (Å²) in [6.07, 6.45) is -6.92. The lowest BCUT2D eigenvalue weighted by Gasteiger charge is -2.45. The number of carbonyl (C=O) groups is 4. The molecule has 3 aliphatic rings. The van der Waals surface area contributed by atoms with Crippen LogP contribution in [0, 0.1) is 0 Å². The highest BCUT2D eigenvalue weighted by Gasteiger charge is 2.52. The van der Waals surface area contributed by atoms with Gasteiger partial charge in [0.15, 0.2) is 36.1 Å². The number of hydrogen-bond acceptors (Lipinski definition) is 16. The Morgan fingerprint density at radius 2 is 1.32 bits per heavy atom. The molecule has 0 aromatic heterocycles. The molecule has 2 fully saturated rings. The molecule has 4 aromatic rings. The third-order valence-corrected chi connectivity index (χ3v) is 12.4. The first-order chi connectivity index (χ1) is 32.7. The fraction of sp³-hybridized carbons (Fsp3) is 0.431. The van der Waals surface area contributed by atoms with E-state index in [0.717, 1.165) is 42.1 Å². The number of anilines is 1. The third-order valence-electron chi connectivity index (χ3n) is 12.1. The second-order valence-electron chi connectivity index (χ2n) is 17.0. The van der Waals surface area contributed by atoms with Gasteiger partial charge >= 0.3 is 23.9 Å². The Bertz CT molecular complexity index is 2420. The number of aliphatic hydroxyl groups is 1. The number of esters is 4. The molecule has 9 unspecified atom stereocenters. The molecule has 2 N–H and O–H groups in total. The average Bonchev–Trinajstić information content (AvgIpc) is 3.32. The first-order valence-corrected chi connectivity index (χ1v) is 22.9. The lowest BCUT2D eigenvalue weighted by atomic mass is 9.82. The van der Waals surface area contributed by atoms with Gasteiger partial charge in [-0.3, -0.25) is 24.1 Å². The smallest absolute Gasteiger partial charge is 0.303 e. The van der Waals surface area contributed by atoms with Gasteiger partial charge in [-0.05, 0) is 58.5 Å². The normalized spacial score (nSPS) is 24.7. The molecule has 4 aromatic carbocycles.